The minimum Gasteiger partial charge on any atom is -0.261 e. The van der Waals surface area contributed by atoms with Crippen molar-refractivity contribution >= 4 is 23.2 Å². The summed E-state index contributed by atoms with van der Waals surface area (Å²) in [5.41, 5.74) is 2.89. The van der Waals surface area contributed by atoms with Crippen LogP contribution in [-0.2, 0) is 0 Å². The van der Waals surface area contributed by atoms with E-state index in [2.05, 4.69) is 4.98 Å². The van der Waals surface area contributed by atoms with Gasteiger partial charge >= 0.3 is 0 Å². The monoisotopic (exact) mass is 237 g/mol. The van der Waals surface area contributed by atoms with Crippen molar-refractivity contribution in [3.8, 4) is 11.1 Å². The Balaban J connectivity index is 2.65. The van der Waals surface area contributed by atoms with Gasteiger partial charge in [-0.2, -0.15) is 0 Å². The summed E-state index contributed by atoms with van der Waals surface area (Å²) in [6.07, 6.45) is 1.76. The second-order valence-corrected chi connectivity index (χ2v) is 4.02. The number of benzene rings is 1. The van der Waals surface area contributed by atoms with E-state index in [-0.39, 0.29) is 0 Å². The molecule has 2 rings (SSSR count). The molecule has 2 aromatic rings. The van der Waals surface area contributed by atoms with Crippen LogP contribution in [0.1, 0.15) is 5.69 Å². The zero-order chi connectivity index (χ0) is 10.8. The fourth-order valence-electron chi connectivity index (χ4n) is 1.48. The average molecular weight is 238 g/mol. The molecule has 1 aromatic heterocycles. The third-order valence-electron chi connectivity index (χ3n) is 2.25. The Morgan fingerprint density at radius 1 is 1.00 bits per heavy atom. The summed E-state index contributed by atoms with van der Waals surface area (Å²) in [7, 11) is 0. The summed E-state index contributed by atoms with van der Waals surface area (Å²) in [5.74, 6) is 0. The molecule has 1 heterocycles. The molecule has 0 amide bonds. The van der Waals surface area contributed by atoms with Crippen LogP contribution in [0.3, 0.4) is 0 Å². The molecule has 0 spiro atoms. The van der Waals surface area contributed by atoms with Crippen molar-refractivity contribution in [2.75, 3.05) is 0 Å². The minimum atomic E-state index is 0.567. The van der Waals surface area contributed by atoms with Gasteiger partial charge in [-0.1, -0.05) is 41.4 Å². The number of halogens is 2. The lowest BCUT2D eigenvalue weighted by atomic mass is 10.0. The quantitative estimate of drug-likeness (QED) is 0.719. The second-order valence-electron chi connectivity index (χ2n) is 3.24. The first-order chi connectivity index (χ1) is 7.20. The molecule has 0 saturated heterocycles. The van der Waals surface area contributed by atoms with Crippen molar-refractivity contribution in [2.24, 2.45) is 0 Å². The van der Waals surface area contributed by atoms with Crippen molar-refractivity contribution in [3.05, 3.63) is 52.3 Å². The van der Waals surface area contributed by atoms with Crippen LogP contribution in [0, 0.1) is 6.92 Å². The molecule has 0 aliphatic carbocycles. The van der Waals surface area contributed by atoms with Crippen molar-refractivity contribution in [3.63, 3.8) is 0 Å². The summed E-state index contributed by atoms with van der Waals surface area (Å²) in [6.45, 7) is 1.95. The van der Waals surface area contributed by atoms with Crippen molar-refractivity contribution in [2.45, 2.75) is 6.92 Å². The summed E-state index contributed by atoms with van der Waals surface area (Å²) in [5, 5.41) is 1.15. The van der Waals surface area contributed by atoms with Crippen LogP contribution in [-0.4, -0.2) is 4.98 Å². The van der Waals surface area contributed by atoms with Gasteiger partial charge in [-0.3, -0.25) is 4.98 Å². The third-order valence-corrected chi connectivity index (χ3v) is 3.07. The molecule has 0 aliphatic heterocycles. The van der Waals surface area contributed by atoms with Gasteiger partial charge in [0.2, 0.25) is 0 Å². The Morgan fingerprint density at radius 2 is 1.73 bits per heavy atom. The molecular weight excluding hydrogens is 229 g/mol. The first-order valence-electron chi connectivity index (χ1n) is 4.56. The smallest absolute Gasteiger partial charge is 0.0671 e. The highest BCUT2D eigenvalue weighted by atomic mass is 35.5. The van der Waals surface area contributed by atoms with Gasteiger partial charge in [0.1, 0.15) is 0 Å². The normalized spacial score (nSPS) is 10.3. The number of rotatable bonds is 1. The highest BCUT2D eigenvalue weighted by molar-refractivity contribution is 6.43. The molecule has 0 fully saturated rings. The lowest BCUT2D eigenvalue weighted by Crippen LogP contribution is -1.87. The molecule has 1 nitrogen and oxygen atoms in total. The topological polar surface area (TPSA) is 12.9 Å². The first-order valence-corrected chi connectivity index (χ1v) is 5.32. The van der Waals surface area contributed by atoms with E-state index in [1.807, 2.05) is 31.2 Å². The number of aromatic nitrogens is 1. The van der Waals surface area contributed by atoms with E-state index >= 15 is 0 Å². The van der Waals surface area contributed by atoms with E-state index in [0.29, 0.717) is 10.0 Å². The van der Waals surface area contributed by atoms with Gasteiger partial charge in [0, 0.05) is 23.0 Å². The Kier molecular flexibility index (Phi) is 2.94. The lowest BCUT2D eigenvalue weighted by Gasteiger charge is -2.07. The highest BCUT2D eigenvalue weighted by Gasteiger charge is 2.08. The molecule has 0 atom stereocenters. The van der Waals surface area contributed by atoms with Gasteiger partial charge in [-0.25, -0.2) is 0 Å². The van der Waals surface area contributed by atoms with Crippen LogP contribution in [0.4, 0.5) is 0 Å². The molecule has 0 radical (unpaired) electrons. The van der Waals surface area contributed by atoms with Gasteiger partial charge < -0.3 is 0 Å². The van der Waals surface area contributed by atoms with E-state index < -0.39 is 0 Å². The summed E-state index contributed by atoms with van der Waals surface area (Å²) >= 11 is 12.1. The summed E-state index contributed by atoms with van der Waals surface area (Å²) in [6, 6.07) is 9.48. The Bertz CT molecular complexity index is 495. The van der Waals surface area contributed by atoms with Crippen LogP contribution in [0.25, 0.3) is 11.1 Å². The van der Waals surface area contributed by atoms with Crippen LogP contribution in [0.15, 0.2) is 36.5 Å². The van der Waals surface area contributed by atoms with Gasteiger partial charge in [-0.05, 0) is 19.1 Å². The van der Waals surface area contributed by atoms with Gasteiger partial charge in [0.15, 0.2) is 0 Å². The average Bonchev–Trinajstić information content (AvgIpc) is 2.23. The molecule has 0 bridgehead atoms. The third kappa shape index (κ3) is 1.99. The molecule has 0 saturated carbocycles. The Hall–Kier alpha value is -1.05. The van der Waals surface area contributed by atoms with E-state index in [9.17, 15) is 0 Å². The van der Waals surface area contributed by atoms with Crippen molar-refractivity contribution in [1.82, 2.24) is 4.98 Å². The maximum atomic E-state index is 6.14. The van der Waals surface area contributed by atoms with Gasteiger partial charge in [0.05, 0.1) is 10.0 Å². The predicted octanol–water partition coefficient (Wildman–Crippen LogP) is 4.36. The van der Waals surface area contributed by atoms with Crippen LogP contribution in [0.5, 0.6) is 0 Å². The van der Waals surface area contributed by atoms with E-state index in [1.54, 1.807) is 12.3 Å². The Morgan fingerprint density at radius 3 is 2.47 bits per heavy atom. The zero-order valence-electron chi connectivity index (χ0n) is 8.17. The first kappa shape index (κ1) is 10.5. The largest absolute Gasteiger partial charge is 0.261 e. The van der Waals surface area contributed by atoms with Gasteiger partial charge in [0.25, 0.3) is 0 Å². The molecule has 15 heavy (non-hydrogen) atoms. The van der Waals surface area contributed by atoms with Crippen molar-refractivity contribution < 1.29 is 0 Å². The molecule has 0 aliphatic rings. The van der Waals surface area contributed by atoms with Crippen LogP contribution in [0.2, 0.25) is 10.0 Å². The second kappa shape index (κ2) is 4.21. The van der Waals surface area contributed by atoms with E-state index in [0.717, 1.165) is 16.8 Å². The van der Waals surface area contributed by atoms with Gasteiger partial charge in [-0.15, -0.1) is 0 Å². The van der Waals surface area contributed by atoms with Crippen molar-refractivity contribution in [1.29, 1.82) is 0 Å². The maximum absolute atomic E-state index is 6.14. The molecule has 0 N–H and O–H groups in total. The number of hydrogen-bond donors (Lipinski definition) is 0. The van der Waals surface area contributed by atoms with E-state index in [1.165, 1.54) is 0 Å². The van der Waals surface area contributed by atoms with Crippen LogP contribution >= 0.6 is 23.2 Å². The van der Waals surface area contributed by atoms with E-state index in [4.69, 9.17) is 23.2 Å². The highest BCUT2D eigenvalue weighted by Crippen LogP contribution is 2.34. The number of nitrogens with zero attached hydrogens (tertiary/aromatic N) is 1. The molecule has 0 unspecified atom stereocenters. The molecule has 3 heteroatoms. The number of pyridine rings is 1. The zero-order valence-corrected chi connectivity index (χ0v) is 9.68. The summed E-state index contributed by atoms with van der Waals surface area (Å²) < 4.78 is 0. The lowest BCUT2D eigenvalue weighted by molar-refractivity contribution is 1.20. The summed E-state index contributed by atoms with van der Waals surface area (Å²) in [4.78, 5) is 4.22. The SMILES string of the molecule is Cc1ncccc1-c1cccc(Cl)c1Cl. The molecule has 1 aromatic carbocycles. The predicted molar refractivity (Wildman–Crippen MR) is 64.4 cm³/mol. The van der Waals surface area contributed by atoms with Crippen LogP contribution < -0.4 is 0 Å². The minimum absolute atomic E-state index is 0.567. The molecular formula is C12H9Cl2N. The number of aryl methyl sites for hydroxylation is 1. The standard InChI is InChI=1S/C12H9Cl2N/c1-8-9(5-3-7-15-8)10-4-2-6-11(13)12(10)14/h2-7H,1H3. The fourth-order valence-corrected chi connectivity index (χ4v) is 1.88. The maximum Gasteiger partial charge on any atom is 0.0671 e. The fraction of sp³-hybridized carbons (Fsp3) is 0.0833. The number of hydrogen-bond acceptors (Lipinski definition) is 1. The Labute approximate surface area is 98.7 Å². The molecule has 76 valence electrons.